The van der Waals surface area contributed by atoms with Crippen LogP contribution in [0.1, 0.15) is 13.3 Å². The van der Waals surface area contributed by atoms with Crippen LogP contribution in [0.2, 0.25) is 0 Å². The molecule has 0 aliphatic heterocycles. The van der Waals surface area contributed by atoms with Crippen LogP contribution in [-0.2, 0) is 4.79 Å². The van der Waals surface area contributed by atoms with Gasteiger partial charge in [-0.2, -0.15) is 0 Å². The van der Waals surface area contributed by atoms with Crippen molar-refractivity contribution in [1.29, 1.82) is 0 Å². The molecule has 134 valence electrons. The van der Waals surface area contributed by atoms with E-state index in [1.165, 1.54) is 13.2 Å². The second-order valence-corrected chi connectivity index (χ2v) is 5.54. The summed E-state index contributed by atoms with van der Waals surface area (Å²) in [6.07, 6.45) is 0.260. The summed E-state index contributed by atoms with van der Waals surface area (Å²) in [5.41, 5.74) is 0.737. The van der Waals surface area contributed by atoms with Crippen molar-refractivity contribution in [2.24, 2.45) is 0 Å². The van der Waals surface area contributed by atoms with E-state index in [-0.39, 0.29) is 12.4 Å². The molecule has 0 atom stereocenters. The van der Waals surface area contributed by atoms with Gasteiger partial charge in [0.25, 0.3) is 0 Å². The van der Waals surface area contributed by atoms with Crippen molar-refractivity contribution < 1.29 is 23.4 Å². The molecule has 26 heavy (non-hydrogen) atoms. The van der Waals surface area contributed by atoms with E-state index >= 15 is 0 Å². The van der Waals surface area contributed by atoms with Crippen LogP contribution in [0.5, 0.6) is 17.2 Å². The first-order valence-electron chi connectivity index (χ1n) is 8.06. The summed E-state index contributed by atoms with van der Waals surface area (Å²) in [4.78, 5) is 23.9. The molecule has 0 spiro atoms. The highest BCUT2D eigenvalue weighted by Crippen LogP contribution is 2.33. The molecule has 0 unspecified atom stereocenters. The molecule has 2 aromatic carbocycles. The molecule has 3 rings (SSSR count). The molecule has 6 heteroatoms. The van der Waals surface area contributed by atoms with Gasteiger partial charge >= 0.3 is 11.6 Å². The topological polar surface area (TPSA) is 75.0 Å². The number of esters is 1. The molecule has 0 fully saturated rings. The quantitative estimate of drug-likeness (QED) is 0.394. The first kappa shape index (κ1) is 17.5. The van der Waals surface area contributed by atoms with Crippen LogP contribution < -0.4 is 19.8 Å². The predicted octanol–water partition coefficient (Wildman–Crippen LogP) is 3.79. The fourth-order valence-corrected chi connectivity index (χ4v) is 2.57. The molecule has 3 aromatic rings. The number of rotatable bonds is 5. The van der Waals surface area contributed by atoms with E-state index in [0.29, 0.717) is 39.3 Å². The minimum Gasteiger partial charge on any atom is -0.497 e. The van der Waals surface area contributed by atoms with Crippen LogP contribution in [0.3, 0.4) is 0 Å². The predicted molar refractivity (Wildman–Crippen MR) is 97.0 cm³/mol. The molecule has 0 bridgehead atoms. The molecule has 0 amide bonds. The Morgan fingerprint density at radius 1 is 0.962 bits per heavy atom. The summed E-state index contributed by atoms with van der Waals surface area (Å²) >= 11 is 0. The number of ether oxygens (including phenoxy) is 3. The summed E-state index contributed by atoms with van der Waals surface area (Å²) in [5, 5.41) is 0.695. The van der Waals surface area contributed by atoms with E-state index in [1.54, 1.807) is 50.4 Å². The number of fused-ring (bicyclic) bond motifs is 1. The molecule has 0 aliphatic rings. The van der Waals surface area contributed by atoms with Gasteiger partial charge in [-0.05, 0) is 36.4 Å². The minimum absolute atomic E-state index is 0.260. The number of methoxy groups -OCH3 is 2. The van der Waals surface area contributed by atoms with Gasteiger partial charge in [-0.3, -0.25) is 4.79 Å². The van der Waals surface area contributed by atoms with Crippen molar-refractivity contribution in [3.05, 3.63) is 52.9 Å². The summed E-state index contributed by atoms with van der Waals surface area (Å²) in [5.74, 6) is 1.11. The zero-order valence-corrected chi connectivity index (χ0v) is 14.7. The molecule has 0 N–H and O–H groups in total. The summed E-state index contributed by atoms with van der Waals surface area (Å²) < 4.78 is 21.2. The fraction of sp³-hybridized carbons (Fsp3) is 0.200. The molecule has 0 aliphatic carbocycles. The Morgan fingerprint density at radius 3 is 2.42 bits per heavy atom. The van der Waals surface area contributed by atoms with Gasteiger partial charge in [-0.25, -0.2) is 4.79 Å². The molecule has 1 aromatic heterocycles. The number of carbonyl (C=O) groups excluding carboxylic acids is 1. The van der Waals surface area contributed by atoms with Crippen molar-refractivity contribution in [3.63, 3.8) is 0 Å². The SMILES string of the molecule is CCC(=O)Oc1ccc2cc(-c3cc(OC)ccc3OC)c(=O)oc2c1. The Kier molecular flexibility index (Phi) is 4.93. The zero-order chi connectivity index (χ0) is 18.7. The highest BCUT2D eigenvalue weighted by atomic mass is 16.5. The molecular weight excluding hydrogens is 336 g/mol. The Hall–Kier alpha value is -3.28. The molecule has 6 nitrogen and oxygen atoms in total. The summed E-state index contributed by atoms with van der Waals surface area (Å²) in [6.45, 7) is 1.71. The summed E-state index contributed by atoms with van der Waals surface area (Å²) in [6, 6.07) is 11.8. The molecule has 1 heterocycles. The lowest BCUT2D eigenvalue weighted by atomic mass is 10.0. The number of carbonyl (C=O) groups is 1. The third kappa shape index (κ3) is 3.39. The van der Waals surface area contributed by atoms with E-state index in [4.69, 9.17) is 18.6 Å². The van der Waals surface area contributed by atoms with Gasteiger partial charge < -0.3 is 18.6 Å². The highest BCUT2D eigenvalue weighted by molar-refractivity contribution is 5.85. The number of hydrogen-bond donors (Lipinski definition) is 0. The minimum atomic E-state index is -0.525. The van der Waals surface area contributed by atoms with Gasteiger partial charge in [-0.15, -0.1) is 0 Å². The zero-order valence-electron chi connectivity index (χ0n) is 14.7. The monoisotopic (exact) mass is 354 g/mol. The highest BCUT2D eigenvalue weighted by Gasteiger charge is 2.14. The number of benzene rings is 2. The standard InChI is InChI=1S/C20H18O6/c1-4-19(21)25-14-6-5-12-9-16(20(22)26-18(12)11-14)15-10-13(23-2)7-8-17(15)24-3/h5-11H,4H2,1-3H3. The van der Waals surface area contributed by atoms with Crippen molar-refractivity contribution >= 4 is 16.9 Å². The van der Waals surface area contributed by atoms with Crippen molar-refractivity contribution in [2.75, 3.05) is 14.2 Å². The molecule has 0 saturated heterocycles. The molecule has 0 saturated carbocycles. The third-order valence-electron chi connectivity index (χ3n) is 3.92. The Labute approximate surface area is 149 Å². The van der Waals surface area contributed by atoms with Crippen molar-refractivity contribution in [2.45, 2.75) is 13.3 Å². The lowest BCUT2D eigenvalue weighted by Gasteiger charge is -2.10. The normalized spacial score (nSPS) is 10.6. The Bertz CT molecular complexity index is 1020. The molecular formula is C20H18O6. The van der Waals surface area contributed by atoms with Crippen LogP contribution in [0.15, 0.2) is 51.7 Å². The van der Waals surface area contributed by atoms with Gasteiger partial charge in [0.05, 0.1) is 19.8 Å². The number of hydrogen-bond acceptors (Lipinski definition) is 6. The largest absolute Gasteiger partial charge is 0.497 e. The van der Waals surface area contributed by atoms with E-state index < -0.39 is 5.63 Å². The van der Waals surface area contributed by atoms with Crippen LogP contribution in [0, 0.1) is 0 Å². The lowest BCUT2D eigenvalue weighted by molar-refractivity contribution is -0.134. The van der Waals surface area contributed by atoms with Gasteiger partial charge in [0.1, 0.15) is 22.8 Å². The average Bonchev–Trinajstić information content (AvgIpc) is 2.66. The maximum absolute atomic E-state index is 12.5. The first-order valence-corrected chi connectivity index (χ1v) is 8.06. The van der Waals surface area contributed by atoms with E-state index in [0.717, 1.165) is 0 Å². The smallest absolute Gasteiger partial charge is 0.344 e. The van der Waals surface area contributed by atoms with E-state index in [1.807, 2.05) is 0 Å². The summed E-state index contributed by atoms with van der Waals surface area (Å²) in [7, 11) is 3.08. The Balaban J connectivity index is 2.11. The van der Waals surface area contributed by atoms with Gasteiger partial charge in [-0.1, -0.05) is 6.92 Å². The van der Waals surface area contributed by atoms with E-state index in [9.17, 15) is 9.59 Å². The van der Waals surface area contributed by atoms with Gasteiger partial charge in [0.2, 0.25) is 0 Å². The van der Waals surface area contributed by atoms with Crippen molar-refractivity contribution in [1.82, 2.24) is 0 Å². The van der Waals surface area contributed by atoms with Crippen molar-refractivity contribution in [3.8, 4) is 28.4 Å². The molecule has 0 radical (unpaired) electrons. The second-order valence-electron chi connectivity index (χ2n) is 5.54. The van der Waals surface area contributed by atoms with Crippen LogP contribution in [0.4, 0.5) is 0 Å². The Morgan fingerprint density at radius 2 is 1.73 bits per heavy atom. The van der Waals surface area contributed by atoms with Gasteiger partial charge in [0.15, 0.2) is 0 Å². The van der Waals surface area contributed by atoms with Gasteiger partial charge in [0, 0.05) is 23.4 Å². The van der Waals surface area contributed by atoms with E-state index in [2.05, 4.69) is 0 Å². The maximum Gasteiger partial charge on any atom is 0.344 e. The average molecular weight is 354 g/mol. The first-order chi connectivity index (χ1) is 12.5. The second kappa shape index (κ2) is 7.31. The maximum atomic E-state index is 12.5. The lowest BCUT2D eigenvalue weighted by Crippen LogP contribution is -2.06. The van der Waals surface area contributed by atoms with Crippen LogP contribution in [-0.4, -0.2) is 20.2 Å². The van der Waals surface area contributed by atoms with Crippen LogP contribution in [0.25, 0.3) is 22.1 Å². The fourth-order valence-electron chi connectivity index (χ4n) is 2.57. The van der Waals surface area contributed by atoms with Crippen LogP contribution >= 0.6 is 0 Å². The third-order valence-corrected chi connectivity index (χ3v) is 3.92.